The van der Waals surface area contributed by atoms with Crippen LogP contribution < -0.4 is 0 Å². The van der Waals surface area contributed by atoms with E-state index in [0.29, 0.717) is 0 Å². The third kappa shape index (κ3) is 1.02. The molecule has 0 aliphatic carbocycles. The number of thiophene rings is 1. The van der Waals surface area contributed by atoms with Gasteiger partial charge in [-0.25, -0.2) is 0 Å². The molecule has 0 bridgehead atoms. The average molecular weight is 165 g/mol. The summed E-state index contributed by atoms with van der Waals surface area (Å²) in [5.41, 5.74) is 1.94. The molecule has 0 radical (unpaired) electrons. The molecule has 2 rings (SSSR count). The van der Waals surface area contributed by atoms with Gasteiger partial charge in [-0.1, -0.05) is 0 Å². The standard InChI is InChI=1S/C8H7NOS/c10-5-6-1-3-9-7-2-4-11-8(6)7/h1-4,10H,5H2. The highest BCUT2D eigenvalue weighted by atomic mass is 32.1. The van der Waals surface area contributed by atoms with Gasteiger partial charge in [-0.3, -0.25) is 4.98 Å². The number of hydrogen-bond donors (Lipinski definition) is 1. The summed E-state index contributed by atoms with van der Waals surface area (Å²) in [5.74, 6) is 0. The van der Waals surface area contributed by atoms with Gasteiger partial charge in [0.2, 0.25) is 0 Å². The topological polar surface area (TPSA) is 33.1 Å². The van der Waals surface area contributed by atoms with Gasteiger partial charge in [0.15, 0.2) is 0 Å². The van der Waals surface area contributed by atoms with Gasteiger partial charge < -0.3 is 5.11 Å². The Morgan fingerprint density at radius 3 is 3.18 bits per heavy atom. The van der Waals surface area contributed by atoms with Crippen molar-refractivity contribution in [3.8, 4) is 0 Å². The maximum atomic E-state index is 8.93. The van der Waals surface area contributed by atoms with Crippen LogP contribution in [0.1, 0.15) is 5.56 Å². The van der Waals surface area contributed by atoms with Crippen molar-refractivity contribution in [2.45, 2.75) is 6.61 Å². The molecule has 2 nitrogen and oxygen atoms in total. The number of nitrogens with zero attached hydrogens (tertiary/aromatic N) is 1. The summed E-state index contributed by atoms with van der Waals surface area (Å²) in [7, 11) is 0. The monoisotopic (exact) mass is 165 g/mol. The Balaban J connectivity index is 2.79. The number of aliphatic hydroxyl groups is 1. The van der Waals surface area contributed by atoms with Crippen molar-refractivity contribution in [1.29, 1.82) is 0 Å². The van der Waals surface area contributed by atoms with E-state index >= 15 is 0 Å². The summed E-state index contributed by atoms with van der Waals surface area (Å²) in [5, 5.41) is 10.9. The van der Waals surface area contributed by atoms with Crippen LogP contribution in [0.5, 0.6) is 0 Å². The van der Waals surface area contributed by atoms with Crippen LogP contribution in [-0.4, -0.2) is 10.1 Å². The molecule has 0 aliphatic rings. The fourth-order valence-corrected chi connectivity index (χ4v) is 1.91. The largest absolute Gasteiger partial charge is 0.392 e. The smallest absolute Gasteiger partial charge is 0.0813 e. The van der Waals surface area contributed by atoms with Crippen molar-refractivity contribution >= 4 is 21.6 Å². The molecule has 0 saturated carbocycles. The number of rotatable bonds is 1. The molecule has 2 aromatic heterocycles. The van der Waals surface area contributed by atoms with Crippen LogP contribution in [0.2, 0.25) is 0 Å². The minimum Gasteiger partial charge on any atom is -0.392 e. The van der Waals surface area contributed by atoms with E-state index in [1.165, 1.54) is 0 Å². The van der Waals surface area contributed by atoms with Crippen LogP contribution in [0.4, 0.5) is 0 Å². The van der Waals surface area contributed by atoms with Crippen LogP contribution in [0.3, 0.4) is 0 Å². The van der Waals surface area contributed by atoms with Gasteiger partial charge >= 0.3 is 0 Å². The van der Waals surface area contributed by atoms with E-state index in [-0.39, 0.29) is 6.61 Å². The summed E-state index contributed by atoms with van der Waals surface area (Å²) in [6.45, 7) is 0.0968. The quantitative estimate of drug-likeness (QED) is 0.698. The highest BCUT2D eigenvalue weighted by molar-refractivity contribution is 7.17. The first kappa shape index (κ1) is 6.76. The van der Waals surface area contributed by atoms with E-state index in [2.05, 4.69) is 4.98 Å². The van der Waals surface area contributed by atoms with Gasteiger partial charge in [-0.15, -0.1) is 11.3 Å². The van der Waals surface area contributed by atoms with Gasteiger partial charge in [0.25, 0.3) is 0 Å². The summed E-state index contributed by atoms with van der Waals surface area (Å²) >= 11 is 1.62. The van der Waals surface area contributed by atoms with Crippen molar-refractivity contribution in [3.05, 3.63) is 29.3 Å². The maximum absolute atomic E-state index is 8.93. The molecular weight excluding hydrogens is 158 g/mol. The van der Waals surface area contributed by atoms with Crippen molar-refractivity contribution in [3.63, 3.8) is 0 Å². The Morgan fingerprint density at radius 2 is 2.36 bits per heavy atom. The average Bonchev–Trinajstić information content (AvgIpc) is 2.50. The molecular formula is C8H7NOS. The minimum atomic E-state index is 0.0968. The predicted octanol–water partition coefficient (Wildman–Crippen LogP) is 1.79. The summed E-state index contributed by atoms with van der Waals surface area (Å²) in [6, 6.07) is 3.80. The first-order chi connectivity index (χ1) is 5.42. The van der Waals surface area contributed by atoms with E-state index in [1.54, 1.807) is 17.5 Å². The molecule has 11 heavy (non-hydrogen) atoms. The van der Waals surface area contributed by atoms with Gasteiger partial charge in [0, 0.05) is 6.20 Å². The molecule has 3 heteroatoms. The lowest BCUT2D eigenvalue weighted by Crippen LogP contribution is -1.83. The van der Waals surface area contributed by atoms with Gasteiger partial charge in [-0.2, -0.15) is 0 Å². The molecule has 0 fully saturated rings. The zero-order valence-corrected chi connectivity index (χ0v) is 6.64. The first-order valence-corrected chi connectivity index (χ1v) is 4.22. The molecule has 0 spiro atoms. The Labute approximate surface area is 68.1 Å². The molecule has 0 aromatic carbocycles. The Hall–Kier alpha value is -0.930. The third-order valence-electron chi connectivity index (χ3n) is 1.60. The second-order valence-corrected chi connectivity index (χ2v) is 3.18. The van der Waals surface area contributed by atoms with E-state index in [0.717, 1.165) is 15.8 Å². The molecule has 0 atom stereocenters. The zero-order valence-electron chi connectivity index (χ0n) is 5.82. The maximum Gasteiger partial charge on any atom is 0.0813 e. The molecule has 0 unspecified atom stereocenters. The van der Waals surface area contributed by atoms with E-state index in [4.69, 9.17) is 5.11 Å². The Bertz CT molecular complexity index is 369. The third-order valence-corrected chi connectivity index (χ3v) is 2.57. The SMILES string of the molecule is OCc1ccnc2ccsc12. The van der Waals surface area contributed by atoms with Crippen LogP contribution in [0.25, 0.3) is 10.2 Å². The second-order valence-electron chi connectivity index (χ2n) is 2.26. The molecule has 0 amide bonds. The van der Waals surface area contributed by atoms with Gasteiger partial charge in [0.1, 0.15) is 0 Å². The first-order valence-electron chi connectivity index (χ1n) is 3.34. The fourth-order valence-electron chi connectivity index (χ4n) is 1.05. The number of pyridine rings is 1. The number of aromatic nitrogens is 1. The zero-order chi connectivity index (χ0) is 7.68. The lowest BCUT2D eigenvalue weighted by atomic mass is 10.2. The van der Waals surface area contributed by atoms with Crippen molar-refractivity contribution < 1.29 is 5.11 Å². The normalized spacial score (nSPS) is 10.6. The fraction of sp³-hybridized carbons (Fsp3) is 0.125. The number of hydrogen-bond acceptors (Lipinski definition) is 3. The molecule has 2 aromatic rings. The predicted molar refractivity (Wildman–Crippen MR) is 45.5 cm³/mol. The van der Waals surface area contributed by atoms with E-state index in [9.17, 15) is 0 Å². The highest BCUT2D eigenvalue weighted by Gasteiger charge is 2.00. The van der Waals surface area contributed by atoms with Crippen LogP contribution in [-0.2, 0) is 6.61 Å². The lowest BCUT2D eigenvalue weighted by Gasteiger charge is -1.95. The summed E-state index contributed by atoms with van der Waals surface area (Å²) in [4.78, 5) is 4.15. The minimum absolute atomic E-state index is 0.0968. The Morgan fingerprint density at radius 1 is 1.45 bits per heavy atom. The molecule has 2 heterocycles. The van der Waals surface area contributed by atoms with Crippen molar-refractivity contribution in [1.82, 2.24) is 4.98 Å². The number of aliphatic hydroxyl groups excluding tert-OH is 1. The van der Waals surface area contributed by atoms with Crippen molar-refractivity contribution in [2.24, 2.45) is 0 Å². The lowest BCUT2D eigenvalue weighted by molar-refractivity contribution is 0.283. The Kier molecular flexibility index (Phi) is 1.60. The molecule has 56 valence electrons. The van der Waals surface area contributed by atoms with Crippen molar-refractivity contribution in [2.75, 3.05) is 0 Å². The van der Waals surface area contributed by atoms with E-state index < -0.39 is 0 Å². The van der Waals surface area contributed by atoms with Crippen LogP contribution >= 0.6 is 11.3 Å². The van der Waals surface area contributed by atoms with E-state index in [1.807, 2.05) is 17.5 Å². The van der Waals surface area contributed by atoms with Gasteiger partial charge in [0.05, 0.1) is 16.8 Å². The van der Waals surface area contributed by atoms with Gasteiger partial charge in [-0.05, 0) is 23.1 Å². The molecule has 0 saturated heterocycles. The second kappa shape index (κ2) is 2.60. The van der Waals surface area contributed by atoms with Crippen LogP contribution in [0, 0.1) is 0 Å². The summed E-state index contributed by atoms with van der Waals surface area (Å²) < 4.78 is 1.09. The number of fused-ring (bicyclic) bond motifs is 1. The highest BCUT2D eigenvalue weighted by Crippen LogP contribution is 2.22. The molecule has 1 N–H and O–H groups in total. The molecule has 0 aliphatic heterocycles. The van der Waals surface area contributed by atoms with Crippen LogP contribution in [0.15, 0.2) is 23.7 Å². The summed E-state index contributed by atoms with van der Waals surface area (Å²) in [6.07, 6.45) is 1.72.